The fraction of sp³-hybridized carbons (Fsp3) is 0.318. The number of amides is 3. The molecule has 32 heavy (non-hydrogen) atoms. The second-order valence-corrected chi connectivity index (χ2v) is 7.41. The Balaban J connectivity index is 1.53. The molecule has 1 heterocycles. The molecule has 0 saturated carbocycles. The number of nitrogens with zero attached hydrogens (tertiary/aromatic N) is 2. The van der Waals surface area contributed by atoms with Gasteiger partial charge in [0.05, 0.1) is 4.92 Å². The van der Waals surface area contributed by atoms with Gasteiger partial charge >= 0.3 is 6.09 Å². The molecule has 3 rings (SSSR count). The van der Waals surface area contributed by atoms with Gasteiger partial charge in [0, 0.05) is 24.4 Å². The number of benzene rings is 2. The fourth-order valence-electron chi connectivity index (χ4n) is 3.45. The summed E-state index contributed by atoms with van der Waals surface area (Å²) in [4.78, 5) is 49.2. The molecule has 1 aliphatic heterocycles. The van der Waals surface area contributed by atoms with E-state index in [1.165, 1.54) is 36.1 Å². The number of likely N-dealkylation sites (tertiary alicyclic amines) is 1. The highest BCUT2D eigenvalue weighted by molar-refractivity contribution is 5.98. The number of carbonyl (C=O) groups excluding carboxylic acids is 3. The van der Waals surface area contributed by atoms with E-state index < -0.39 is 23.1 Å². The standard InChI is InChI=1S/C22H24N4O6/c1-15(23-22(29)32-14-16-6-3-2-4-7-16)21(28)25-13-5-8-19(25)20(27)24-17-9-11-18(12-10-17)26(30)31/h2-4,6-7,9-12,15,19H,5,8,13-14H2,1H3,(H,23,29)(H,24,27). The Morgan fingerprint density at radius 2 is 1.84 bits per heavy atom. The van der Waals surface area contributed by atoms with Crippen molar-refractivity contribution in [3.05, 3.63) is 70.3 Å². The van der Waals surface area contributed by atoms with E-state index in [2.05, 4.69) is 10.6 Å². The molecule has 10 heteroatoms. The molecule has 1 aliphatic rings. The third-order valence-electron chi connectivity index (χ3n) is 5.10. The lowest BCUT2D eigenvalue weighted by molar-refractivity contribution is -0.384. The minimum Gasteiger partial charge on any atom is -0.445 e. The SMILES string of the molecule is CC(NC(=O)OCc1ccccc1)C(=O)N1CCCC1C(=O)Nc1ccc([N+](=O)[O-])cc1. The lowest BCUT2D eigenvalue weighted by atomic mass is 10.1. The van der Waals surface area contributed by atoms with Crippen LogP contribution in [-0.4, -0.2) is 46.4 Å². The molecule has 0 aliphatic carbocycles. The van der Waals surface area contributed by atoms with Crippen molar-refractivity contribution in [2.45, 2.75) is 38.5 Å². The first-order valence-corrected chi connectivity index (χ1v) is 10.2. The van der Waals surface area contributed by atoms with Gasteiger partial charge < -0.3 is 20.3 Å². The number of nitrogens with one attached hydrogen (secondary N) is 2. The monoisotopic (exact) mass is 440 g/mol. The lowest BCUT2D eigenvalue weighted by Gasteiger charge is -2.27. The summed E-state index contributed by atoms with van der Waals surface area (Å²) in [7, 11) is 0. The van der Waals surface area contributed by atoms with Gasteiger partial charge in [-0.3, -0.25) is 19.7 Å². The molecule has 2 unspecified atom stereocenters. The summed E-state index contributed by atoms with van der Waals surface area (Å²) in [5.41, 5.74) is 1.14. The first-order valence-electron chi connectivity index (χ1n) is 10.2. The third kappa shape index (κ3) is 5.81. The van der Waals surface area contributed by atoms with E-state index in [0.717, 1.165) is 5.56 Å². The lowest BCUT2D eigenvalue weighted by Crippen LogP contribution is -2.51. The summed E-state index contributed by atoms with van der Waals surface area (Å²) in [6, 6.07) is 13.0. The summed E-state index contributed by atoms with van der Waals surface area (Å²) >= 11 is 0. The maximum atomic E-state index is 12.8. The zero-order valence-electron chi connectivity index (χ0n) is 17.5. The van der Waals surface area contributed by atoms with Crippen molar-refractivity contribution in [3.63, 3.8) is 0 Å². The maximum Gasteiger partial charge on any atom is 0.408 e. The number of alkyl carbamates (subject to hydrolysis) is 1. The predicted octanol–water partition coefficient (Wildman–Crippen LogP) is 2.84. The van der Waals surface area contributed by atoms with E-state index in [4.69, 9.17) is 4.74 Å². The summed E-state index contributed by atoms with van der Waals surface area (Å²) in [6.45, 7) is 2.01. The maximum absolute atomic E-state index is 12.8. The second kappa shape index (κ2) is 10.4. The van der Waals surface area contributed by atoms with Gasteiger partial charge in [-0.1, -0.05) is 30.3 Å². The summed E-state index contributed by atoms with van der Waals surface area (Å²) < 4.78 is 5.14. The number of ether oxygens (including phenoxy) is 1. The first-order chi connectivity index (χ1) is 15.3. The van der Waals surface area contributed by atoms with Crippen LogP contribution in [0.1, 0.15) is 25.3 Å². The van der Waals surface area contributed by atoms with Gasteiger partial charge in [0.1, 0.15) is 18.7 Å². The topological polar surface area (TPSA) is 131 Å². The van der Waals surface area contributed by atoms with Crippen LogP contribution in [0.2, 0.25) is 0 Å². The Hall–Kier alpha value is -3.95. The molecule has 2 atom stereocenters. The summed E-state index contributed by atoms with van der Waals surface area (Å²) in [5.74, 6) is -0.772. The molecule has 1 saturated heterocycles. The van der Waals surface area contributed by atoms with Crippen LogP contribution >= 0.6 is 0 Å². The van der Waals surface area contributed by atoms with Gasteiger partial charge in [-0.25, -0.2) is 4.79 Å². The largest absolute Gasteiger partial charge is 0.445 e. The molecule has 0 spiro atoms. The van der Waals surface area contributed by atoms with E-state index in [0.29, 0.717) is 25.1 Å². The average molecular weight is 440 g/mol. The fourth-order valence-corrected chi connectivity index (χ4v) is 3.45. The van der Waals surface area contributed by atoms with Crippen LogP contribution in [0.5, 0.6) is 0 Å². The van der Waals surface area contributed by atoms with Crippen molar-refractivity contribution in [2.75, 3.05) is 11.9 Å². The minimum atomic E-state index is -0.869. The number of nitro groups is 1. The molecule has 2 aromatic rings. The normalized spacial score (nSPS) is 16.2. The number of non-ortho nitro benzene ring substituents is 1. The van der Waals surface area contributed by atoms with Crippen LogP contribution in [0.25, 0.3) is 0 Å². The second-order valence-electron chi connectivity index (χ2n) is 7.41. The zero-order valence-corrected chi connectivity index (χ0v) is 17.5. The van der Waals surface area contributed by atoms with Crippen molar-refractivity contribution in [3.8, 4) is 0 Å². The predicted molar refractivity (Wildman–Crippen MR) is 116 cm³/mol. The van der Waals surface area contributed by atoms with Gasteiger partial charge in [-0.2, -0.15) is 0 Å². The molecule has 2 aromatic carbocycles. The number of nitro benzene ring substituents is 1. The van der Waals surface area contributed by atoms with Crippen molar-refractivity contribution < 1.29 is 24.0 Å². The van der Waals surface area contributed by atoms with Crippen LogP contribution in [0.3, 0.4) is 0 Å². The van der Waals surface area contributed by atoms with E-state index in [1.54, 1.807) is 0 Å². The van der Waals surface area contributed by atoms with Crippen molar-refractivity contribution >= 4 is 29.3 Å². The number of rotatable bonds is 7. The van der Waals surface area contributed by atoms with Crippen LogP contribution in [0, 0.1) is 10.1 Å². The Labute approximate surface area is 184 Å². The van der Waals surface area contributed by atoms with Gasteiger partial charge in [0.25, 0.3) is 5.69 Å². The Morgan fingerprint density at radius 1 is 1.16 bits per heavy atom. The molecule has 2 N–H and O–H groups in total. The van der Waals surface area contributed by atoms with Gasteiger partial charge in [-0.05, 0) is 37.5 Å². The molecular formula is C22H24N4O6. The average Bonchev–Trinajstić information content (AvgIpc) is 3.28. The summed E-state index contributed by atoms with van der Waals surface area (Å²) in [6.07, 6.45) is 0.408. The number of hydrogen-bond acceptors (Lipinski definition) is 6. The van der Waals surface area contributed by atoms with Crippen molar-refractivity contribution in [1.29, 1.82) is 0 Å². The molecule has 0 aromatic heterocycles. The Bertz CT molecular complexity index is 980. The van der Waals surface area contributed by atoms with E-state index in [9.17, 15) is 24.5 Å². The highest BCUT2D eigenvalue weighted by Gasteiger charge is 2.36. The summed E-state index contributed by atoms with van der Waals surface area (Å²) in [5, 5.41) is 15.9. The Kier molecular flexibility index (Phi) is 7.37. The van der Waals surface area contributed by atoms with Crippen LogP contribution in [-0.2, 0) is 20.9 Å². The highest BCUT2D eigenvalue weighted by atomic mass is 16.6. The number of carbonyl (C=O) groups is 3. The highest BCUT2D eigenvalue weighted by Crippen LogP contribution is 2.21. The van der Waals surface area contributed by atoms with Crippen LogP contribution in [0.15, 0.2) is 54.6 Å². The molecule has 10 nitrogen and oxygen atoms in total. The molecule has 168 valence electrons. The first kappa shape index (κ1) is 22.7. The van der Waals surface area contributed by atoms with Gasteiger partial charge in [0.15, 0.2) is 0 Å². The van der Waals surface area contributed by atoms with Gasteiger partial charge in [0.2, 0.25) is 11.8 Å². The number of hydrogen-bond donors (Lipinski definition) is 2. The Morgan fingerprint density at radius 3 is 2.50 bits per heavy atom. The molecule has 0 bridgehead atoms. The van der Waals surface area contributed by atoms with E-state index in [1.807, 2.05) is 30.3 Å². The zero-order chi connectivity index (χ0) is 23.1. The third-order valence-corrected chi connectivity index (χ3v) is 5.10. The minimum absolute atomic E-state index is 0.0809. The molecular weight excluding hydrogens is 416 g/mol. The molecule has 3 amide bonds. The van der Waals surface area contributed by atoms with E-state index in [-0.39, 0.29) is 24.1 Å². The smallest absolute Gasteiger partial charge is 0.408 e. The molecule has 0 radical (unpaired) electrons. The molecule has 1 fully saturated rings. The van der Waals surface area contributed by atoms with Crippen LogP contribution < -0.4 is 10.6 Å². The van der Waals surface area contributed by atoms with E-state index >= 15 is 0 Å². The van der Waals surface area contributed by atoms with Crippen LogP contribution in [0.4, 0.5) is 16.2 Å². The van der Waals surface area contributed by atoms with Crippen molar-refractivity contribution in [2.24, 2.45) is 0 Å². The van der Waals surface area contributed by atoms with Crippen molar-refractivity contribution in [1.82, 2.24) is 10.2 Å². The quantitative estimate of drug-likeness (QED) is 0.503. The number of anilines is 1. The van der Waals surface area contributed by atoms with Gasteiger partial charge in [-0.15, -0.1) is 0 Å².